The number of nitrogens with zero attached hydrogens (tertiary/aromatic N) is 5. The van der Waals surface area contributed by atoms with Crippen LogP contribution in [0.5, 0.6) is 0 Å². The highest BCUT2D eigenvalue weighted by atomic mass is 32.2. The van der Waals surface area contributed by atoms with Crippen LogP contribution in [0.15, 0.2) is 23.2 Å². The van der Waals surface area contributed by atoms with E-state index in [9.17, 15) is 19.6 Å². The van der Waals surface area contributed by atoms with Gasteiger partial charge in [0.1, 0.15) is 23.4 Å². The molecular formula is C26H28N6O4S. The molecule has 0 aromatic carbocycles. The van der Waals surface area contributed by atoms with E-state index in [4.69, 9.17) is 4.74 Å². The molecule has 3 aliphatic heterocycles. The van der Waals surface area contributed by atoms with Crippen LogP contribution in [-0.4, -0.2) is 64.6 Å². The molecule has 11 heteroatoms. The first-order valence-corrected chi connectivity index (χ1v) is 13.3. The number of rotatable bonds is 6. The highest BCUT2D eigenvalue weighted by molar-refractivity contribution is 8.00. The molecule has 37 heavy (non-hydrogen) atoms. The molecule has 0 aliphatic carbocycles. The van der Waals surface area contributed by atoms with Gasteiger partial charge in [0.15, 0.2) is 6.29 Å². The number of carbonyl (C=O) groups is 3. The van der Waals surface area contributed by atoms with Crippen LogP contribution in [0.25, 0.3) is 0 Å². The van der Waals surface area contributed by atoms with Crippen molar-refractivity contribution in [2.45, 2.75) is 49.3 Å². The monoisotopic (exact) mass is 520 g/mol. The lowest BCUT2D eigenvalue weighted by atomic mass is 10.0. The van der Waals surface area contributed by atoms with Gasteiger partial charge in [0.05, 0.1) is 12.2 Å². The first kappa shape index (κ1) is 25.2. The molecule has 10 nitrogen and oxygen atoms in total. The lowest BCUT2D eigenvalue weighted by Gasteiger charge is -2.29. The number of thioether (sulfide) groups is 1. The minimum atomic E-state index is -0.404. The van der Waals surface area contributed by atoms with E-state index in [2.05, 4.69) is 21.4 Å². The number of aldehydes is 1. The predicted octanol–water partition coefficient (Wildman–Crippen LogP) is 3.39. The van der Waals surface area contributed by atoms with Crippen LogP contribution >= 0.6 is 11.8 Å². The summed E-state index contributed by atoms with van der Waals surface area (Å²) in [5.41, 5.74) is 2.26. The third-order valence-electron chi connectivity index (χ3n) is 6.96. The van der Waals surface area contributed by atoms with Gasteiger partial charge in [-0.15, -0.1) is 11.8 Å². The third-order valence-corrected chi connectivity index (χ3v) is 8.26. The molecule has 5 heterocycles. The summed E-state index contributed by atoms with van der Waals surface area (Å²) in [5.74, 6) is 0.864. The largest absolute Gasteiger partial charge is 0.380 e. The van der Waals surface area contributed by atoms with E-state index in [0.717, 1.165) is 36.1 Å². The normalized spacial score (nSPS) is 21.0. The standard InChI is InChI=1S/C26H28N6O4S/c1-16-4-7-31(25(16)34)13-18-9-17-3-2-6-32(24(17)29-21(18)14-33)26(35)30-23-10-22(19(11-27)12-28-23)37-20-5-8-36-15-20/h9-10,12,14,16,20H,2-8,13,15H2,1H3,(H,28,30,35)/t16-,20+/m0/s1. The number of nitriles is 1. The predicted molar refractivity (Wildman–Crippen MR) is 138 cm³/mol. The van der Waals surface area contributed by atoms with Crippen LogP contribution in [0, 0.1) is 17.2 Å². The number of amides is 3. The van der Waals surface area contributed by atoms with E-state index in [-0.39, 0.29) is 22.8 Å². The number of urea groups is 1. The Morgan fingerprint density at radius 1 is 1.35 bits per heavy atom. The van der Waals surface area contributed by atoms with Crippen molar-refractivity contribution >= 4 is 41.6 Å². The molecule has 0 bridgehead atoms. The number of pyridine rings is 2. The van der Waals surface area contributed by atoms with Crippen molar-refractivity contribution in [2.75, 3.05) is 36.5 Å². The topological polar surface area (TPSA) is 129 Å². The maximum Gasteiger partial charge on any atom is 0.328 e. The lowest BCUT2D eigenvalue weighted by Crippen LogP contribution is -2.40. The Morgan fingerprint density at radius 2 is 2.22 bits per heavy atom. The fourth-order valence-corrected chi connectivity index (χ4v) is 6.03. The quantitative estimate of drug-likeness (QED) is 0.574. The molecule has 3 amide bonds. The zero-order valence-corrected chi connectivity index (χ0v) is 21.4. The number of fused-ring (bicyclic) bond motifs is 1. The Labute approximate surface area is 219 Å². The highest BCUT2D eigenvalue weighted by Gasteiger charge is 2.30. The van der Waals surface area contributed by atoms with Crippen LogP contribution in [-0.2, 0) is 22.5 Å². The summed E-state index contributed by atoms with van der Waals surface area (Å²) >= 11 is 1.56. The molecular weight excluding hydrogens is 492 g/mol. The molecule has 2 atom stereocenters. The Hall–Kier alpha value is -3.49. The minimum Gasteiger partial charge on any atom is -0.380 e. The molecule has 0 unspecified atom stereocenters. The number of hydrogen-bond acceptors (Lipinski definition) is 8. The van der Waals surface area contributed by atoms with Crippen LogP contribution in [0.4, 0.5) is 16.4 Å². The van der Waals surface area contributed by atoms with E-state index in [1.54, 1.807) is 22.7 Å². The summed E-state index contributed by atoms with van der Waals surface area (Å²) < 4.78 is 5.44. The van der Waals surface area contributed by atoms with Crippen molar-refractivity contribution in [3.8, 4) is 6.07 Å². The number of nitrogens with one attached hydrogen (secondary N) is 1. The zero-order valence-electron chi connectivity index (χ0n) is 20.6. The number of aromatic nitrogens is 2. The van der Waals surface area contributed by atoms with Gasteiger partial charge in [0, 0.05) is 54.1 Å². The lowest BCUT2D eigenvalue weighted by molar-refractivity contribution is -0.131. The fourth-order valence-electron chi connectivity index (χ4n) is 4.89. The number of aryl methyl sites for hydroxylation is 1. The molecule has 192 valence electrons. The summed E-state index contributed by atoms with van der Waals surface area (Å²) in [7, 11) is 0. The SMILES string of the molecule is C[C@H]1CCN(Cc2cc3c(nc2C=O)N(C(=O)Nc2cc(S[C@@H]4CCOC4)c(C#N)cn2)CCC3)C1=O. The van der Waals surface area contributed by atoms with Gasteiger partial charge in [0.2, 0.25) is 5.91 Å². The second kappa shape index (κ2) is 10.9. The van der Waals surface area contributed by atoms with Gasteiger partial charge >= 0.3 is 6.03 Å². The summed E-state index contributed by atoms with van der Waals surface area (Å²) in [4.78, 5) is 50.4. The van der Waals surface area contributed by atoms with E-state index >= 15 is 0 Å². The molecule has 2 fully saturated rings. The Kier molecular flexibility index (Phi) is 7.39. The van der Waals surface area contributed by atoms with Gasteiger partial charge in [-0.05, 0) is 43.4 Å². The molecule has 0 spiro atoms. The van der Waals surface area contributed by atoms with Crippen molar-refractivity contribution < 1.29 is 19.1 Å². The molecule has 2 saturated heterocycles. The summed E-state index contributed by atoms with van der Waals surface area (Å²) in [6.45, 7) is 4.69. The maximum atomic E-state index is 13.3. The van der Waals surface area contributed by atoms with Crippen molar-refractivity contribution in [3.63, 3.8) is 0 Å². The number of ether oxygens (including phenoxy) is 1. The van der Waals surface area contributed by atoms with E-state index < -0.39 is 6.03 Å². The summed E-state index contributed by atoms with van der Waals surface area (Å²) in [5, 5.41) is 12.6. The van der Waals surface area contributed by atoms with E-state index in [0.29, 0.717) is 61.9 Å². The average molecular weight is 521 g/mol. The Bertz CT molecular complexity index is 1270. The number of carbonyl (C=O) groups excluding carboxylic acids is 3. The summed E-state index contributed by atoms with van der Waals surface area (Å²) in [6, 6.07) is 5.37. The number of anilines is 2. The van der Waals surface area contributed by atoms with Gasteiger partial charge in [-0.2, -0.15) is 5.26 Å². The maximum absolute atomic E-state index is 13.3. The Balaban J connectivity index is 1.35. The molecule has 5 rings (SSSR count). The Morgan fingerprint density at radius 3 is 2.92 bits per heavy atom. The van der Waals surface area contributed by atoms with Gasteiger partial charge in [-0.3, -0.25) is 19.8 Å². The van der Waals surface area contributed by atoms with Gasteiger partial charge < -0.3 is 9.64 Å². The molecule has 2 aromatic heterocycles. The first-order chi connectivity index (χ1) is 18.0. The summed E-state index contributed by atoms with van der Waals surface area (Å²) in [6.07, 6.45) is 5.32. The van der Waals surface area contributed by atoms with Crippen molar-refractivity contribution in [2.24, 2.45) is 5.92 Å². The fraction of sp³-hybridized carbons (Fsp3) is 0.462. The van der Waals surface area contributed by atoms with Crippen molar-refractivity contribution in [1.82, 2.24) is 14.9 Å². The number of likely N-dealkylation sites (tertiary alicyclic amines) is 1. The first-order valence-electron chi connectivity index (χ1n) is 12.5. The van der Waals surface area contributed by atoms with Gasteiger partial charge in [0.25, 0.3) is 0 Å². The molecule has 0 radical (unpaired) electrons. The van der Waals surface area contributed by atoms with Crippen molar-refractivity contribution in [3.05, 3.63) is 40.7 Å². The molecule has 2 aromatic rings. The number of hydrogen-bond donors (Lipinski definition) is 1. The van der Waals surface area contributed by atoms with Crippen molar-refractivity contribution in [1.29, 1.82) is 5.26 Å². The second-order valence-corrected chi connectivity index (χ2v) is 10.9. The smallest absolute Gasteiger partial charge is 0.328 e. The van der Waals surface area contributed by atoms with Crippen LogP contribution < -0.4 is 10.2 Å². The van der Waals surface area contributed by atoms with Crippen LogP contribution in [0.2, 0.25) is 0 Å². The average Bonchev–Trinajstić information content (AvgIpc) is 3.53. The molecule has 3 aliphatic rings. The zero-order chi connectivity index (χ0) is 25.9. The second-order valence-electron chi connectivity index (χ2n) is 9.55. The van der Waals surface area contributed by atoms with Gasteiger partial charge in [-0.25, -0.2) is 14.8 Å². The highest BCUT2D eigenvalue weighted by Crippen LogP contribution is 2.33. The molecule has 0 saturated carbocycles. The minimum absolute atomic E-state index is 0.00861. The van der Waals surface area contributed by atoms with Crippen LogP contribution in [0.3, 0.4) is 0 Å². The third kappa shape index (κ3) is 5.31. The van der Waals surface area contributed by atoms with E-state index in [1.807, 2.05) is 13.0 Å². The van der Waals surface area contributed by atoms with Gasteiger partial charge in [-0.1, -0.05) is 6.92 Å². The van der Waals surface area contributed by atoms with E-state index in [1.165, 1.54) is 11.1 Å². The van der Waals surface area contributed by atoms with Crippen LogP contribution in [0.1, 0.15) is 53.4 Å². The molecule has 1 N–H and O–H groups in total.